The molecule has 7 heteroatoms. The van der Waals surface area contributed by atoms with Gasteiger partial charge in [-0.3, -0.25) is 4.79 Å². The standard InChI is InChI=1S/C19H15ClN4OS/c1-11(26-19-23-16-9-13(20)10-21-17(16)24-19)18(25)22-15-8-4-6-12-5-2-3-7-14(12)15/h2-11H,1H3,(H,22,25)(H,21,23,24)/t11-/m0/s1. The number of carbonyl (C=O) groups is 1. The van der Waals surface area contributed by atoms with Gasteiger partial charge in [-0.05, 0) is 24.4 Å². The lowest BCUT2D eigenvalue weighted by Crippen LogP contribution is -2.22. The van der Waals surface area contributed by atoms with Crippen LogP contribution in [0.5, 0.6) is 0 Å². The van der Waals surface area contributed by atoms with Crippen molar-refractivity contribution in [3.8, 4) is 0 Å². The molecule has 0 unspecified atom stereocenters. The summed E-state index contributed by atoms with van der Waals surface area (Å²) in [5.74, 6) is -0.0854. The van der Waals surface area contributed by atoms with Gasteiger partial charge in [0.15, 0.2) is 10.8 Å². The fraction of sp³-hybridized carbons (Fsp3) is 0.105. The molecule has 4 aromatic rings. The highest BCUT2D eigenvalue weighted by atomic mass is 35.5. The fourth-order valence-electron chi connectivity index (χ4n) is 2.70. The van der Waals surface area contributed by atoms with Gasteiger partial charge in [0.25, 0.3) is 0 Å². The minimum absolute atomic E-state index is 0.0854. The van der Waals surface area contributed by atoms with Crippen LogP contribution in [-0.4, -0.2) is 26.1 Å². The van der Waals surface area contributed by atoms with E-state index in [0.29, 0.717) is 15.8 Å². The van der Waals surface area contributed by atoms with Crippen LogP contribution in [0.4, 0.5) is 5.69 Å². The highest BCUT2D eigenvalue weighted by Gasteiger charge is 2.18. The summed E-state index contributed by atoms with van der Waals surface area (Å²) in [7, 11) is 0. The first-order valence-corrected chi connectivity index (χ1v) is 9.32. The second-order valence-electron chi connectivity index (χ2n) is 5.84. The second kappa shape index (κ2) is 6.97. The third-order valence-corrected chi connectivity index (χ3v) is 5.18. The van der Waals surface area contributed by atoms with Crippen molar-refractivity contribution in [2.24, 2.45) is 0 Å². The van der Waals surface area contributed by atoms with Crippen LogP contribution in [0.2, 0.25) is 5.02 Å². The maximum absolute atomic E-state index is 12.6. The highest BCUT2D eigenvalue weighted by Crippen LogP contribution is 2.27. The smallest absolute Gasteiger partial charge is 0.237 e. The lowest BCUT2D eigenvalue weighted by atomic mass is 10.1. The number of benzene rings is 2. The predicted molar refractivity (Wildman–Crippen MR) is 107 cm³/mol. The Labute approximate surface area is 159 Å². The summed E-state index contributed by atoms with van der Waals surface area (Å²) < 4.78 is 0. The van der Waals surface area contributed by atoms with Crippen LogP contribution in [-0.2, 0) is 4.79 Å². The number of nitrogens with one attached hydrogen (secondary N) is 2. The number of carbonyl (C=O) groups excluding carboxylic acids is 1. The van der Waals surface area contributed by atoms with E-state index in [-0.39, 0.29) is 11.2 Å². The molecule has 2 N–H and O–H groups in total. The molecule has 0 bridgehead atoms. The van der Waals surface area contributed by atoms with Crippen molar-refractivity contribution in [3.05, 3.63) is 59.8 Å². The molecular formula is C19H15ClN4OS. The first-order valence-electron chi connectivity index (χ1n) is 8.07. The number of hydrogen-bond donors (Lipinski definition) is 2. The number of hydrogen-bond acceptors (Lipinski definition) is 4. The monoisotopic (exact) mass is 382 g/mol. The van der Waals surface area contributed by atoms with E-state index in [9.17, 15) is 4.79 Å². The molecule has 0 aliphatic heterocycles. The number of aromatic amines is 1. The number of thioether (sulfide) groups is 1. The number of amides is 1. The van der Waals surface area contributed by atoms with Crippen molar-refractivity contribution in [1.29, 1.82) is 0 Å². The fourth-order valence-corrected chi connectivity index (χ4v) is 3.66. The summed E-state index contributed by atoms with van der Waals surface area (Å²) in [6, 6.07) is 15.6. The van der Waals surface area contributed by atoms with E-state index in [0.717, 1.165) is 22.0 Å². The van der Waals surface area contributed by atoms with Gasteiger partial charge in [0.05, 0.1) is 15.8 Å². The summed E-state index contributed by atoms with van der Waals surface area (Å²) in [5.41, 5.74) is 2.14. The maximum atomic E-state index is 12.6. The topological polar surface area (TPSA) is 70.7 Å². The van der Waals surface area contributed by atoms with E-state index in [1.807, 2.05) is 49.4 Å². The number of nitrogens with zero attached hydrogens (tertiary/aromatic N) is 2. The summed E-state index contributed by atoms with van der Waals surface area (Å²) in [4.78, 5) is 24.3. The molecule has 4 rings (SSSR count). The van der Waals surface area contributed by atoms with Crippen molar-refractivity contribution in [3.63, 3.8) is 0 Å². The Morgan fingerprint density at radius 1 is 1.23 bits per heavy atom. The van der Waals surface area contributed by atoms with E-state index < -0.39 is 0 Å². The Hall–Kier alpha value is -2.57. The molecule has 0 saturated carbocycles. The van der Waals surface area contributed by atoms with Crippen molar-refractivity contribution in [1.82, 2.24) is 15.0 Å². The van der Waals surface area contributed by atoms with Crippen molar-refractivity contribution in [2.75, 3.05) is 5.32 Å². The van der Waals surface area contributed by atoms with Crippen LogP contribution < -0.4 is 5.32 Å². The largest absolute Gasteiger partial charge is 0.331 e. The lowest BCUT2D eigenvalue weighted by Gasteiger charge is -2.12. The Balaban J connectivity index is 1.51. The molecule has 5 nitrogen and oxygen atoms in total. The van der Waals surface area contributed by atoms with Gasteiger partial charge >= 0.3 is 0 Å². The first-order chi connectivity index (χ1) is 12.6. The molecule has 1 amide bonds. The Morgan fingerprint density at radius 2 is 2.04 bits per heavy atom. The average Bonchev–Trinajstić information content (AvgIpc) is 3.03. The molecule has 0 aliphatic rings. The normalized spacial score (nSPS) is 12.4. The number of imidazole rings is 1. The summed E-state index contributed by atoms with van der Waals surface area (Å²) in [6.45, 7) is 1.85. The maximum Gasteiger partial charge on any atom is 0.237 e. The van der Waals surface area contributed by atoms with E-state index in [1.165, 1.54) is 11.8 Å². The number of anilines is 1. The van der Waals surface area contributed by atoms with Gasteiger partial charge in [-0.2, -0.15) is 0 Å². The quantitative estimate of drug-likeness (QED) is 0.493. The zero-order valence-electron chi connectivity index (χ0n) is 13.9. The summed E-state index contributed by atoms with van der Waals surface area (Å²) >= 11 is 7.29. The van der Waals surface area contributed by atoms with Gasteiger partial charge < -0.3 is 10.3 Å². The minimum atomic E-state index is -0.329. The lowest BCUT2D eigenvalue weighted by molar-refractivity contribution is -0.115. The predicted octanol–water partition coefficient (Wildman–Crippen LogP) is 4.88. The van der Waals surface area contributed by atoms with Crippen LogP contribution >= 0.6 is 23.4 Å². The molecule has 26 heavy (non-hydrogen) atoms. The summed E-state index contributed by atoms with van der Waals surface area (Å²) in [6.07, 6.45) is 1.55. The molecule has 0 radical (unpaired) electrons. The molecule has 2 aromatic heterocycles. The molecule has 0 aliphatic carbocycles. The molecule has 0 spiro atoms. The molecule has 2 aromatic carbocycles. The van der Waals surface area contributed by atoms with Crippen LogP contribution in [0.3, 0.4) is 0 Å². The summed E-state index contributed by atoms with van der Waals surface area (Å²) in [5, 5.41) is 5.96. The number of rotatable bonds is 4. The van der Waals surface area contributed by atoms with Gasteiger partial charge in [0.1, 0.15) is 0 Å². The first kappa shape index (κ1) is 16.9. The second-order valence-corrected chi connectivity index (χ2v) is 7.61. The van der Waals surface area contributed by atoms with Gasteiger partial charge in [-0.15, -0.1) is 0 Å². The van der Waals surface area contributed by atoms with Gasteiger partial charge in [0.2, 0.25) is 5.91 Å². The van der Waals surface area contributed by atoms with E-state index >= 15 is 0 Å². The third kappa shape index (κ3) is 3.38. The zero-order chi connectivity index (χ0) is 18.1. The van der Waals surface area contributed by atoms with E-state index in [1.54, 1.807) is 12.3 Å². The van der Waals surface area contributed by atoms with Crippen molar-refractivity contribution < 1.29 is 4.79 Å². The van der Waals surface area contributed by atoms with E-state index in [2.05, 4.69) is 20.3 Å². The van der Waals surface area contributed by atoms with Gasteiger partial charge in [-0.25, -0.2) is 9.97 Å². The molecule has 130 valence electrons. The molecule has 0 saturated heterocycles. The molecular weight excluding hydrogens is 368 g/mol. The number of fused-ring (bicyclic) bond motifs is 2. The Morgan fingerprint density at radius 3 is 2.92 bits per heavy atom. The van der Waals surface area contributed by atoms with Gasteiger partial charge in [-0.1, -0.05) is 59.8 Å². The highest BCUT2D eigenvalue weighted by molar-refractivity contribution is 8.00. The van der Waals surface area contributed by atoms with E-state index in [4.69, 9.17) is 11.6 Å². The molecule has 2 heterocycles. The Bertz CT molecular complexity index is 1110. The van der Waals surface area contributed by atoms with Crippen LogP contribution in [0.1, 0.15) is 6.92 Å². The van der Waals surface area contributed by atoms with Crippen molar-refractivity contribution >= 4 is 56.9 Å². The third-order valence-electron chi connectivity index (χ3n) is 3.99. The number of pyridine rings is 1. The Kier molecular flexibility index (Phi) is 4.53. The van der Waals surface area contributed by atoms with Gasteiger partial charge in [0, 0.05) is 17.3 Å². The number of H-pyrrole nitrogens is 1. The number of aromatic nitrogens is 3. The zero-order valence-corrected chi connectivity index (χ0v) is 15.4. The minimum Gasteiger partial charge on any atom is -0.331 e. The molecule has 1 atom stereocenters. The van der Waals surface area contributed by atoms with Crippen LogP contribution in [0.25, 0.3) is 21.9 Å². The average molecular weight is 383 g/mol. The number of halogens is 1. The van der Waals surface area contributed by atoms with Crippen molar-refractivity contribution in [2.45, 2.75) is 17.3 Å². The SMILES string of the molecule is C[C@H](Sc1nc2ncc(Cl)cc2[nH]1)C(=O)Nc1cccc2ccccc12. The van der Waals surface area contributed by atoms with Crippen LogP contribution in [0.15, 0.2) is 59.9 Å². The molecule has 0 fully saturated rings. The van der Waals surface area contributed by atoms with Crippen LogP contribution in [0, 0.1) is 0 Å².